The first-order chi connectivity index (χ1) is 14.4. The van der Waals surface area contributed by atoms with Crippen molar-refractivity contribution in [2.24, 2.45) is 10.7 Å². The van der Waals surface area contributed by atoms with E-state index in [2.05, 4.69) is 9.98 Å². The summed E-state index contributed by atoms with van der Waals surface area (Å²) in [4.78, 5) is 9.04. The Labute approximate surface area is 185 Å². The van der Waals surface area contributed by atoms with Crippen LogP contribution in [-0.2, 0) is 16.4 Å². The fraction of sp³-hybridized carbons (Fsp3) is 0.200. The van der Waals surface area contributed by atoms with Gasteiger partial charge in [0.05, 0.1) is 32.7 Å². The van der Waals surface area contributed by atoms with Gasteiger partial charge in [-0.05, 0) is 42.8 Å². The van der Waals surface area contributed by atoms with E-state index < -0.39 is 21.7 Å². The molecule has 0 unspecified atom stereocenters. The number of nitrogens with zero attached hydrogens (tertiary/aromatic N) is 2. The molecule has 0 saturated carbocycles. The Balaban J connectivity index is 1.89. The average Bonchev–Trinajstić information content (AvgIpc) is 3.33. The van der Waals surface area contributed by atoms with Crippen LogP contribution in [-0.4, -0.2) is 31.5 Å². The van der Waals surface area contributed by atoms with Crippen LogP contribution >= 0.6 is 22.7 Å². The van der Waals surface area contributed by atoms with Crippen LogP contribution in [0.5, 0.6) is 0 Å². The summed E-state index contributed by atoms with van der Waals surface area (Å²) in [6.07, 6.45) is -2.75. The van der Waals surface area contributed by atoms with Crippen molar-refractivity contribution in [3.63, 3.8) is 0 Å². The largest absolute Gasteiger partial charge is 0.432 e. The number of aliphatic imine (C=N–C) groups is 1. The van der Waals surface area contributed by atoms with Crippen molar-refractivity contribution in [2.45, 2.75) is 24.5 Å². The Bertz CT molecular complexity index is 1260. The van der Waals surface area contributed by atoms with Crippen molar-refractivity contribution in [1.29, 1.82) is 0 Å². The quantitative estimate of drug-likeness (QED) is 0.493. The van der Waals surface area contributed by atoms with E-state index in [0.717, 1.165) is 28.7 Å². The summed E-state index contributed by atoms with van der Waals surface area (Å²) in [5.74, 6) is 0. The molecule has 0 bridgehead atoms. The van der Waals surface area contributed by atoms with E-state index in [1.54, 1.807) is 36.6 Å². The summed E-state index contributed by atoms with van der Waals surface area (Å²) in [5.41, 5.74) is 5.86. The van der Waals surface area contributed by atoms with E-state index in [4.69, 9.17) is 5.73 Å². The van der Waals surface area contributed by atoms with Crippen molar-refractivity contribution in [2.75, 3.05) is 6.26 Å². The third-order valence-corrected chi connectivity index (χ3v) is 7.21. The number of benzene rings is 1. The van der Waals surface area contributed by atoms with Gasteiger partial charge in [0.25, 0.3) is 0 Å². The molecule has 0 saturated heterocycles. The molecular formula is C20H18F3N3O2S3. The van der Waals surface area contributed by atoms with Gasteiger partial charge in [-0.25, -0.2) is 13.4 Å². The molecule has 0 atom stereocenters. The maximum Gasteiger partial charge on any atom is 0.432 e. The molecule has 164 valence electrons. The Hall–Kier alpha value is -2.50. The van der Waals surface area contributed by atoms with Crippen LogP contribution in [0, 0.1) is 6.92 Å². The van der Waals surface area contributed by atoms with E-state index in [0.29, 0.717) is 21.0 Å². The highest BCUT2D eigenvalue weighted by atomic mass is 32.2. The highest BCUT2D eigenvalue weighted by Gasteiger charge is 2.34. The highest BCUT2D eigenvalue weighted by molar-refractivity contribution is 7.90. The third kappa shape index (κ3) is 6.02. The molecule has 0 aliphatic rings. The van der Waals surface area contributed by atoms with Crippen LogP contribution in [0.3, 0.4) is 0 Å². The predicted molar refractivity (Wildman–Crippen MR) is 119 cm³/mol. The van der Waals surface area contributed by atoms with Crippen LogP contribution in [0.1, 0.15) is 15.6 Å². The number of halogens is 3. The van der Waals surface area contributed by atoms with Gasteiger partial charge in [-0.3, -0.25) is 4.99 Å². The molecule has 0 radical (unpaired) electrons. The minimum absolute atomic E-state index is 0.0824. The second kappa shape index (κ2) is 8.93. The van der Waals surface area contributed by atoms with E-state index in [1.807, 2.05) is 0 Å². The van der Waals surface area contributed by atoms with Crippen molar-refractivity contribution in [3.05, 3.63) is 63.4 Å². The van der Waals surface area contributed by atoms with Crippen molar-refractivity contribution in [1.82, 2.24) is 4.98 Å². The summed E-state index contributed by atoms with van der Waals surface area (Å²) in [6.45, 7) is 1.57. The number of alkyl halides is 3. The molecule has 2 heterocycles. The first-order valence-electron chi connectivity index (χ1n) is 8.84. The molecule has 3 rings (SSSR count). The zero-order valence-corrected chi connectivity index (χ0v) is 18.9. The van der Waals surface area contributed by atoms with Crippen molar-refractivity contribution in [3.8, 4) is 10.4 Å². The maximum atomic E-state index is 13.4. The number of nitrogens with two attached hydrogens (primary N) is 1. The topological polar surface area (TPSA) is 85.4 Å². The predicted octanol–water partition coefficient (Wildman–Crippen LogP) is 5.09. The smallest absolute Gasteiger partial charge is 0.398 e. The number of thiazole rings is 1. The minimum Gasteiger partial charge on any atom is -0.398 e. The summed E-state index contributed by atoms with van der Waals surface area (Å²) in [5, 5.41) is 2.41. The van der Waals surface area contributed by atoms with E-state index in [1.165, 1.54) is 23.5 Å². The standard InChI is InChI=1S/C20H18F3N3O2S3/c1-12-26-14(11-29-12)10-25-19(20(21,22)23)9-16(24)18-7-6-17(30-18)13-4-3-5-15(8-13)31(2,27)28/h3-9,11H,10,24H2,1-2H3. The van der Waals surface area contributed by atoms with Gasteiger partial charge in [0.2, 0.25) is 0 Å². The molecular weight excluding hydrogens is 467 g/mol. The number of thiophene rings is 1. The molecule has 11 heteroatoms. The first-order valence-corrected chi connectivity index (χ1v) is 12.4. The molecule has 1 aromatic carbocycles. The van der Waals surface area contributed by atoms with Gasteiger partial charge in [0.1, 0.15) is 5.71 Å². The molecule has 0 aliphatic carbocycles. The molecule has 5 nitrogen and oxygen atoms in total. The number of hydrogen-bond acceptors (Lipinski definition) is 7. The Morgan fingerprint density at radius 1 is 1.26 bits per heavy atom. The molecule has 31 heavy (non-hydrogen) atoms. The minimum atomic E-state index is -4.67. The number of aryl methyl sites for hydroxylation is 1. The summed E-state index contributed by atoms with van der Waals surface area (Å²) < 4.78 is 63.8. The normalized spacial score (nSPS) is 13.6. The number of aromatic nitrogens is 1. The molecule has 3 aromatic rings. The molecule has 0 fully saturated rings. The Morgan fingerprint density at radius 2 is 2.00 bits per heavy atom. The van der Waals surface area contributed by atoms with Gasteiger partial charge >= 0.3 is 6.18 Å². The lowest BCUT2D eigenvalue weighted by molar-refractivity contribution is -0.0579. The maximum absolute atomic E-state index is 13.4. The number of hydrogen-bond donors (Lipinski definition) is 1. The third-order valence-electron chi connectivity index (χ3n) is 4.10. The van der Waals surface area contributed by atoms with Crippen LogP contribution in [0.25, 0.3) is 16.1 Å². The van der Waals surface area contributed by atoms with E-state index >= 15 is 0 Å². The van der Waals surface area contributed by atoms with Gasteiger partial charge in [0, 0.05) is 16.5 Å². The fourth-order valence-corrected chi connectivity index (χ4v) is 4.81. The summed E-state index contributed by atoms with van der Waals surface area (Å²) in [6, 6.07) is 9.61. The monoisotopic (exact) mass is 485 g/mol. The lowest BCUT2D eigenvalue weighted by atomic mass is 10.2. The van der Waals surface area contributed by atoms with Gasteiger partial charge in [-0.2, -0.15) is 13.2 Å². The van der Waals surface area contributed by atoms with Gasteiger partial charge in [-0.15, -0.1) is 22.7 Å². The Kier molecular flexibility index (Phi) is 6.68. The molecule has 2 N–H and O–H groups in total. The van der Waals surface area contributed by atoms with Crippen molar-refractivity contribution >= 4 is 43.9 Å². The molecule has 0 spiro atoms. The summed E-state index contributed by atoms with van der Waals surface area (Å²) >= 11 is 2.50. The van der Waals surface area contributed by atoms with E-state index in [9.17, 15) is 21.6 Å². The number of allylic oxidation sites excluding steroid dienone is 1. The highest BCUT2D eigenvalue weighted by Crippen LogP contribution is 2.32. The lowest BCUT2D eigenvalue weighted by Gasteiger charge is -2.08. The van der Waals surface area contributed by atoms with Gasteiger partial charge in [-0.1, -0.05) is 12.1 Å². The first kappa shape index (κ1) is 23.2. The van der Waals surface area contributed by atoms with Crippen LogP contribution < -0.4 is 5.73 Å². The fourth-order valence-electron chi connectivity index (χ4n) is 2.61. The molecule has 0 amide bonds. The molecule has 2 aromatic heterocycles. The SMILES string of the molecule is Cc1nc(CN=C(C=C(N)c2ccc(-c3cccc(S(C)(=O)=O)c3)s2)C(F)(F)F)cs1. The summed E-state index contributed by atoms with van der Waals surface area (Å²) in [7, 11) is -3.38. The Morgan fingerprint density at radius 3 is 2.61 bits per heavy atom. The van der Waals surface area contributed by atoms with Crippen LogP contribution in [0.15, 0.2) is 57.7 Å². The second-order valence-corrected chi connectivity index (χ2v) is 10.8. The average molecular weight is 486 g/mol. The zero-order chi connectivity index (χ0) is 22.8. The lowest BCUT2D eigenvalue weighted by Crippen LogP contribution is -2.22. The van der Waals surface area contributed by atoms with Gasteiger partial charge < -0.3 is 5.73 Å². The van der Waals surface area contributed by atoms with Gasteiger partial charge in [0.15, 0.2) is 9.84 Å². The van der Waals surface area contributed by atoms with Crippen LogP contribution in [0.4, 0.5) is 13.2 Å². The van der Waals surface area contributed by atoms with Crippen LogP contribution in [0.2, 0.25) is 0 Å². The number of sulfone groups is 1. The zero-order valence-electron chi connectivity index (χ0n) is 16.5. The van der Waals surface area contributed by atoms with Crippen molar-refractivity contribution < 1.29 is 21.6 Å². The molecule has 0 aliphatic heterocycles. The van der Waals surface area contributed by atoms with E-state index in [-0.39, 0.29) is 17.1 Å². The second-order valence-electron chi connectivity index (χ2n) is 6.62. The number of rotatable bonds is 6.